The van der Waals surface area contributed by atoms with Crippen LogP contribution in [0.2, 0.25) is 0 Å². The first-order chi connectivity index (χ1) is 12.1. The molecule has 0 N–H and O–H groups in total. The Kier molecular flexibility index (Phi) is 6.56. The lowest BCUT2D eigenvalue weighted by Gasteiger charge is -2.37. The Hall–Kier alpha value is -1.33. The fourth-order valence-electron chi connectivity index (χ4n) is 3.11. The molecule has 0 aliphatic carbocycles. The molecule has 0 radical (unpaired) electrons. The predicted molar refractivity (Wildman–Crippen MR) is 100 cm³/mol. The summed E-state index contributed by atoms with van der Waals surface area (Å²) < 4.78 is 40.9. The summed E-state index contributed by atoms with van der Waals surface area (Å²) in [7, 11) is 0.923. The normalized spacial score (nSPS) is 21.5. The molecule has 0 saturated carbocycles. The molecule has 0 bridgehead atoms. The van der Waals surface area contributed by atoms with Gasteiger partial charge in [-0.25, -0.2) is 0 Å². The Labute approximate surface area is 156 Å². The summed E-state index contributed by atoms with van der Waals surface area (Å²) in [5.74, 6) is 1.05. The minimum absolute atomic E-state index is 0.215. The molecule has 7 heteroatoms. The first-order valence-electron chi connectivity index (χ1n) is 8.55. The standard InChI is InChI=1S/C19H29O6P/c1-13-18(26(20,22-6)23-7)16(12-17(24-13)25-19(2,3)4)14-8-10-15(21-5)11-9-14/h8-11,16-17H,12H2,1-7H3/t16-,17-/m0/s1. The lowest BCUT2D eigenvalue weighted by Crippen LogP contribution is -2.33. The molecule has 146 valence electrons. The van der Waals surface area contributed by atoms with Gasteiger partial charge in [-0.05, 0) is 45.4 Å². The van der Waals surface area contributed by atoms with Crippen molar-refractivity contribution in [1.29, 1.82) is 0 Å². The van der Waals surface area contributed by atoms with Gasteiger partial charge in [0.05, 0.1) is 18.0 Å². The number of hydrogen-bond donors (Lipinski definition) is 0. The molecule has 26 heavy (non-hydrogen) atoms. The van der Waals surface area contributed by atoms with E-state index >= 15 is 0 Å². The van der Waals surface area contributed by atoms with E-state index in [9.17, 15) is 4.57 Å². The monoisotopic (exact) mass is 384 g/mol. The van der Waals surface area contributed by atoms with Crippen LogP contribution in [-0.2, 0) is 23.1 Å². The van der Waals surface area contributed by atoms with Gasteiger partial charge in [0, 0.05) is 26.6 Å². The van der Waals surface area contributed by atoms with Crippen LogP contribution < -0.4 is 4.74 Å². The van der Waals surface area contributed by atoms with Crippen molar-refractivity contribution in [3.63, 3.8) is 0 Å². The molecular weight excluding hydrogens is 355 g/mol. The third-order valence-corrected chi connectivity index (χ3v) is 6.38. The molecule has 0 fully saturated rings. The molecule has 0 amide bonds. The highest BCUT2D eigenvalue weighted by Gasteiger charge is 2.43. The van der Waals surface area contributed by atoms with Gasteiger partial charge < -0.3 is 23.3 Å². The molecule has 2 rings (SSSR count). The third-order valence-electron chi connectivity index (χ3n) is 4.21. The van der Waals surface area contributed by atoms with E-state index in [1.807, 2.05) is 45.0 Å². The van der Waals surface area contributed by atoms with Crippen LogP contribution in [0.25, 0.3) is 0 Å². The second-order valence-electron chi connectivity index (χ2n) is 7.14. The van der Waals surface area contributed by atoms with E-state index in [4.69, 9.17) is 23.3 Å². The number of ether oxygens (including phenoxy) is 3. The lowest BCUT2D eigenvalue weighted by atomic mass is 9.92. The molecule has 1 heterocycles. The predicted octanol–water partition coefficient (Wildman–Crippen LogP) is 5.06. The molecule has 0 spiro atoms. The number of benzene rings is 1. The van der Waals surface area contributed by atoms with Gasteiger partial charge in [-0.3, -0.25) is 4.57 Å². The third kappa shape index (κ3) is 4.68. The number of hydrogen-bond acceptors (Lipinski definition) is 6. The zero-order valence-corrected chi connectivity index (χ0v) is 17.5. The quantitative estimate of drug-likeness (QED) is 0.639. The second kappa shape index (κ2) is 8.13. The van der Waals surface area contributed by atoms with Crippen molar-refractivity contribution in [2.24, 2.45) is 0 Å². The zero-order chi connectivity index (χ0) is 19.5. The molecule has 0 aromatic heterocycles. The molecule has 1 aliphatic rings. The molecule has 0 saturated heterocycles. The summed E-state index contributed by atoms with van der Waals surface area (Å²) in [6, 6.07) is 7.65. The summed E-state index contributed by atoms with van der Waals surface area (Å²) in [6.07, 6.45) is 0.0560. The Balaban J connectivity index is 2.49. The highest BCUT2D eigenvalue weighted by molar-refractivity contribution is 7.58. The van der Waals surface area contributed by atoms with Crippen molar-refractivity contribution < 1.29 is 27.8 Å². The smallest absolute Gasteiger partial charge is 0.360 e. The minimum Gasteiger partial charge on any atom is -0.497 e. The number of allylic oxidation sites excluding steroid dienone is 2. The van der Waals surface area contributed by atoms with Crippen molar-refractivity contribution in [3.05, 3.63) is 40.9 Å². The van der Waals surface area contributed by atoms with E-state index < -0.39 is 13.9 Å². The average molecular weight is 384 g/mol. The summed E-state index contributed by atoms with van der Waals surface area (Å²) in [5.41, 5.74) is 0.610. The fourth-order valence-corrected chi connectivity index (χ4v) is 4.72. The van der Waals surface area contributed by atoms with Gasteiger partial charge in [-0.1, -0.05) is 12.1 Å². The maximum absolute atomic E-state index is 13.2. The van der Waals surface area contributed by atoms with Crippen LogP contribution in [-0.4, -0.2) is 33.2 Å². The molecule has 1 aliphatic heterocycles. The summed E-state index contributed by atoms with van der Waals surface area (Å²) in [5, 5.41) is 0.529. The fraction of sp³-hybridized carbons (Fsp3) is 0.579. The first-order valence-corrected chi connectivity index (χ1v) is 10.1. The van der Waals surface area contributed by atoms with Crippen molar-refractivity contribution >= 4 is 7.60 Å². The Morgan fingerprint density at radius 2 is 1.65 bits per heavy atom. The van der Waals surface area contributed by atoms with E-state index in [0.717, 1.165) is 11.3 Å². The van der Waals surface area contributed by atoms with Crippen LogP contribution in [0, 0.1) is 0 Å². The van der Waals surface area contributed by atoms with E-state index in [2.05, 4.69) is 0 Å². The molecule has 0 unspecified atom stereocenters. The minimum atomic E-state index is -3.46. The van der Waals surface area contributed by atoms with E-state index in [-0.39, 0.29) is 11.5 Å². The van der Waals surface area contributed by atoms with Gasteiger partial charge in [-0.15, -0.1) is 0 Å². The molecular formula is C19H29O6P. The highest BCUT2D eigenvalue weighted by Crippen LogP contribution is 2.63. The maximum Gasteiger partial charge on any atom is 0.360 e. The van der Waals surface area contributed by atoms with Crippen molar-refractivity contribution in [2.75, 3.05) is 21.3 Å². The molecule has 6 nitrogen and oxygen atoms in total. The Bertz CT molecular complexity index is 681. The van der Waals surface area contributed by atoms with Gasteiger partial charge in [0.25, 0.3) is 0 Å². The van der Waals surface area contributed by atoms with Crippen LogP contribution in [0.1, 0.15) is 45.6 Å². The van der Waals surface area contributed by atoms with Crippen molar-refractivity contribution in [1.82, 2.24) is 0 Å². The Morgan fingerprint density at radius 3 is 2.12 bits per heavy atom. The molecule has 1 aromatic rings. The summed E-state index contributed by atoms with van der Waals surface area (Å²) in [6.45, 7) is 7.70. The van der Waals surface area contributed by atoms with E-state index in [0.29, 0.717) is 17.5 Å². The van der Waals surface area contributed by atoms with Crippen LogP contribution in [0.5, 0.6) is 5.75 Å². The maximum atomic E-state index is 13.2. The lowest BCUT2D eigenvalue weighted by molar-refractivity contribution is -0.185. The van der Waals surface area contributed by atoms with Crippen molar-refractivity contribution in [3.8, 4) is 5.75 Å². The average Bonchev–Trinajstić information content (AvgIpc) is 2.59. The first kappa shape index (κ1) is 21.0. The van der Waals surface area contributed by atoms with Gasteiger partial charge >= 0.3 is 7.60 Å². The SMILES string of the molecule is COc1ccc([C@@H]2C[C@H](OC(C)(C)C)OC(C)=C2P(=O)(OC)OC)cc1. The van der Waals surface area contributed by atoms with Gasteiger partial charge in [-0.2, -0.15) is 0 Å². The second-order valence-corrected chi connectivity index (χ2v) is 9.35. The van der Waals surface area contributed by atoms with Crippen LogP contribution >= 0.6 is 7.60 Å². The van der Waals surface area contributed by atoms with E-state index in [1.54, 1.807) is 14.0 Å². The summed E-state index contributed by atoms with van der Waals surface area (Å²) >= 11 is 0. The summed E-state index contributed by atoms with van der Waals surface area (Å²) in [4.78, 5) is 0. The van der Waals surface area contributed by atoms with Gasteiger partial charge in [0.15, 0.2) is 0 Å². The molecule has 2 atom stereocenters. The molecule has 1 aromatic carbocycles. The number of methoxy groups -OCH3 is 1. The Morgan fingerprint density at radius 1 is 1.08 bits per heavy atom. The van der Waals surface area contributed by atoms with Crippen LogP contribution in [0.15, 0.2) is 35.3 Å². The van der Waals surface area contributed by atoms with Gasteiger partial charge in [0.1, 0.15) is 11.5 Å². The van der Waals surface area contributed by atoms with E-state index in [1.165, 1.54) is 14.2 Å². The van der Waals surface area contributed by atoms with Crippen LogP contribution in [0.3, 0.4) is 0 Å². The largest absolute Gasteiger partial charge is 0.497 e. The zero-order valence-electron chi connectivity index (χ0n) is 16.6. The van der Waals surface area contributed by atoms with Gasteiger partial charge in [0.2, 0.25) is 6.29 Å². The number of rotatable bonds is 6. The van der Waals surface area contributed by atoms with Crippen molar-refractivity contribution in [2.45, 2.75) is 51.9 Å². The van der Waals surface area contributed by atoms with Crippen LogP contribution in [0.4, 0.5) is 0 Å². The highest BCUT2D eigenvalue weighted by atomic mass is 31.2. The topological polar surface area (TPSA) is 63.2 Å².